The van der Waals surface area contributed by atoms with Gasteiger partial charge in [-0.3, -0.25) is 0 Å². The third-order valence-electron chi connectivity index (χ3n) is 1.23. The fraction of sp³-hybridized carbons (Fsp3) is 1.00. The number of nitrogens with zero attached hydrogens (tertiary/aromatic N) is 1. The molecule has 11 heavy (non-hydrogen) atoms. The molecule has 0 unspecified atom stereocenters. The summed E-state index contributed by atoms with van der Waals surface area (Å²) in [5.41, 5.74) is 0. The van der Waals surface area contributed by atoms with Crippen LogP contribution in [0.5, 0.6) is 0 Å². The molecule has 0 aromatic heterocycles. The van der Waals surface area contributed by atoms with Gasteiger partial charge in [-0.25, -0.2) is 0 Å². The second-order valence-corrected chi connectivity index (χ2v) is 4.04. The van der Waals surface area contributed by atoms with Crippen LogP contribution < -0.4 is 0 Å². The largest absolute Gasteiger partial charge is 0.379 e. The normalized spacial score (nSPS) is 19.4. The Bertz CT molecular complexity index is 79.4. The van der Waals surface area contributed by atoms with Crippen LogP contribution >= 0.6 is 12.6 Å². The molecule has 1 saturated heterocycles. The zero-order valence-electron chi connectivity index (χ0n) is 7.71. The van der Waals surface area contributed by atoms with Crippen LogP contribution in [0.4, 0.5) is 0 Å². The predicted octanol–water partition coefficient (Wildman–Crippen LogP) is 1.27. The van der Waals surface area contributed by atoms with Gasteiger partial charge in [-0.15, -0.1) is 0 Å². The average Bonchev–Trinajstić information content (AvgIpc) is 1.87. The predicted molar refractivity (Wildman–Crippen MR) is 52.4 cm³/mol. The summed E-state index contributed by atoms with van der Waals surface area (Å²) < 4.78 is 5.10. The summed E-state index contributed by atoms with van der Waals surface area (Å²) in [6.45, 7) is 8.08. The summed E-state index contributed by atoms with van der Waals surface area (Å²) in [5, 5.41) is 0.528. The Kier molecular flexibility index (Phi) is 7.12. The molecule has 2 nitrogen and oxygen atoms in total. The highest BCUT2D eigenvalue weighted by Gasteiger charge is 2.02. The molecule has 0 aromatic carbocycles. The maximum absolute atomic E-state index is 5.10. The minimum Gasteiger partial charge on any atom is -0.379 e. The Labute approximate surface area is 75.3 Å². The molecule has 3 heteroatoms. The maximum Gasteiger partial charge on any atom is 0.0594 e. The van der Waals surface area contributed by atoms with Gasteiger partial charge in [0.2, 0.25) is 0 Å². The van der Waals surface area contributed by atoms with Crippen LogP contribution in [0.2, 0.25) is 0 Å². The first-order valence-corrected chi connectivity index (χ1v) is 4.59. The molecule has 1 fully saturated rings. The zero-order chi connectivity index (χ0) is 8.69. The molecule has 0 radical (unpaired) electrons. The highest BCUT2D eigenvalue weighted by molar-refractivity contribution is 7.80. The van der Waals surface area contributed by atoms with Crippen molar-refractivity contribution in [1.82, 2.24) is 4.90 Å². The van der Waals surface area contributed by atoms with Gasteiger partial charge in [0, 0.05) is 13.1 Å². The number of hydrogen-bond acceptors (Lipinski definition) is 3. The third-order valence-corrected chi connectivity index (χ3v) is 1.23. The number of rotatable bonds is 0. The lowest BCUT2D eigenvalue weighted by atomic mass is 10.5. The fourth-order valence-corrected chi connectivity index (χ4v) is 0.655. The second kappa shape index (κ2) is 6.95. The molecule has 0 atom stereocenters. The number of likely N-dealkylation sites (N-methyl/N-ethyl adjacent to an activating group) is 1. The highest BCUT2D eigenvalue weighted by Crippen LogP contribution is 1.89. The summed E-state index contributed by atoms with van der Waals surface area (Å²) in [6.07, 6.45) is 0. The minimum absolute atomic E-state index is 0.528. The van der Waals surface area contributed by atoms with Crippen molar-refractivity contribution < 1.29 is 4.74 Å². The van der Waals surface area contributed by atoms with Crippen LogP contribution in [0.25, 0.3) is 0 Å². The van der Waals surface area contributed by atoms with E-state index in [4.69, 9.17) is 4.74 Å². The average molecular weight is 177 g/mol. The van der Waals surface area contributed by atoms with Crippen LogP contribution in [-0.2, 0) is 4.74 Å². The van der Waals surface area contributed by atoms with E-state index < -0.39 is 0 Å². The Balaban J connectivity index is 0.000000218. The SMILES string of the molecule is CC(C)S.CN1CCOCC1. The van der Waals surface area contributed by atoms with Crippen LogP contribution in [0.3, 0.4) is 0 Å². The standard InChI is InChI=1S/C5H11NO.C3H8S/c1-6-2-4-7-5-3-6;1-3(2)4/h2-5H2,1H3;3-4H,1-2H3. The zero-order valence-corrected chi connectivity index (χ0v) is 8.60. The van der Waals surface area contributed by atoms with E-state index in [1.54, 1.807) is 0 Å². The first-order valence-electron chi connectivity index (χ1n) is 4.07. The Morgan fingerprint density at radius 1 is 1.27 bits per heavy atom. The van der Waals surface area contributed by atoms with Crippen LogP contribution in [0, 0.1) is 0 Å². The van der Waals surface area contributed by atoms with Crippen molar-refractivity contribution in [2.45, 2.75) is 19.1 Å². The Hall–Kier alpha value is 0.270. The molecular formula is C8H19NOS. The van der Waals surface area contributed by atoms with Crippen molar-refractivity contribution >= 4 is 12.6 Å². The van der Waals surface area contributed by atoms with Gasteiger partial charge < -0.3 is 9.64 Å². The first-order chi connectivity index (χ1) is 5.13. The lowest BCUT2D eigenvalue weighted by Crippen LogP contribution is -2.32. The molecule has 1 heterocycles. The van der Waals surface area contributed by atoms with Crippen molar-refractivity contribution in [3.63, 3.8) is 0 Å². The van der Waals surface area contributed by atoms with E-state index in [2.05, 4.69) is 24.6 Å². The molecule has 1 aliphatic rings. The summed E-state index contributed by atoms with van der Waals surface area (Å²) in [4.78, 5) is 2.27. The summed E-state index contributed by atoms with van der Waals surface area (Å²) >= 11 is 3.97. The number of hydrogen-bond donors (Lipinski definition) is 1. The monoisotopic (exact) mass is 177 g/mol. The van der Waals surface area contributed by atoms with Crippen molar-refractivity contribution in [3.8, 4) is 0 Å². The molecule has 0 N–H and O–H groups in total. The number of morpholine rings is 1. The van der Waals surface area contributed by atoms with Gasteiger partial charge in [0.05, 0.1) is 13.2 Å². The molecule has 1 rings (SSSR count). The maximum atomic E-state index is 5.10. The lowest BCUT2D eigenvalue weighted by Gasteiger charge is -2.21. The number of thiol groups is 1. The van der Waals surface area contributed by atoms with Gasteiger partial charge in [-0.05, 0) is 12.3 Å². The molecule has 1 aliphatic heterocycles. The van der Waals surface area contributed by atoms with Crippen molar-refractivity contribution in [3.05, 3.63) is 0 Å². The van der Waals surface area contributed by atoms with Crippen LogP contribution in [0.15, 0.2) is 0 Å². The topological polar surface area (TPSA) is 12.5 Å². The molecule has 0 bridgehead atoms. The van der Waals surface area contributed by atoms with Crippen LogP contribution in [-0.4, -0.2) is 43.5 Å². The van der Waals surface area contributed by atoms with E-state index in [1.165, 1.54) is 0 Å². The van der Waals surface area contributed by atoms with E-state index in [0.717, 1.165) is 26.3 Å². The second-order valence-electron chi connectivity index (χ2n) is 3.01. The third kappa shape index (κ3) is 10.3. The van der Waals surface area contributed by atoms with Gasteiger partial charge in [0.25, 0.3) is 0 Å². The molecule has 0 saturated carbocycles. The molecule has 0 aromatic rings. The van der Waals surface area contributed by atoms with Crippen molar-refractivity contribution in [2.75, 3.05) is 33.4 Å². The first kappa shape index (κ1) is 11.3. The van der Waals surface area contributed by atoms with E-state index in [-0.39, 0.29) is 0 Å². The smallest absolute Gasteiger partial charge is 0.0594 e. The highest BCUT2D eigenvalue weighted by atomic mass is 32.1. The van der Waals surface area contributed by atoms with Crippen LogP contribution in [0.1, 0.15) is 13.8 Å². The van der Waals surface area contributed by atoms with Gasteiger partial charge in [-0.1, -0.05) is 13.8 Å². The lowest BCUT2D eigenvalue weighted by molar-refractivity contribution is 0.0503. The van der Waals surface area contributed by atoms with E-state index >= 15 is 0 Å². The molecule has 0 amide bonds. The van der Waals surface area contributed by atoms with Gasteiger partial charge in [-0.2, -0.15) is 12.6 Å². The van der Waals surface area contributed by atoms with E-state index in [9.17, 15) is 0 Å². The molecular weight excluding hydrogens is 158 g/mol. The Morgan fingerprint density at radius 2 is 1.64 bits per heavy atom. The molecule has 0 spiro atoms. The van der Waals surface area contributed by atoms with Gasteiger partial charge in [0.15, 0.2) is 0 Å². The fourth-order valence-electron chi connectivity index (χ4n) is 0.655. The molecule has 0 aliphatic carbocycles. The van der Waals surface area contributed by atoms with E-state index in [0.29, 0.717) is 5.25 Å². The van der Waals surface area contributed by atoms with Crippen molar-refractivity contribution in [1.29, 1.82) is 0 Å². The summed E-state index contributed by atoms with van der Waals surface area (Å²) in [6, 6.07) is 0. The van der Waals surface area contributed by atoms with E-state index in [1.807, 2.05) is 13.8 Å². The van der Waals surface area contributed by atoms with Gasteiger partial charge >= 0.3 is 0 Å². The minimum atomic E-state index is 0.528. The van der Waals surface area contributed by atoms with Crippen molar-refractivity contribution in [2.24, 2.45) is 0 Å². The summed E-state index contributed by atoms with van der Waals surface area (Å²) in [7, 11) is 2.11. The summed E-state index contributed by atoms with van der Waals surface area (Å²) in [5.74, 6) is 0. The Morgan fingerprint density at radius 3 is 1.82 bits per heavy atom. The van der Waals surface area contributed by atoms with Gasteiger partial charge in [0.1, 0.15) is 0 Å². The quantitative estimate of drug-likeness (QED) is 0.560. The molecule has 68 valence electrons. The number of ether oxygens (including phenoxy) is 1.